The molecule has 9 heteroatoms. The topological polar surface area (TPSA) is 81.7 Å². The van der Waals surface area contributed by atoms with E-state index in [1.807, 2.05) is 23.9 Å². The van der Waals surface area contributed by atoms with Crippen molar-refractivity contribution in [2.75, 3.05) is 49.5 Å². The molecule has 0 aliphatic carbocycles. The number of ketones is 1. The number of hydrogen-bond donors (Lipinski definition) is 0. The van der Waals surface area contributed by atoms with Crippen molar-refractivity contribution in [2.45, 2.75) is 19.5 Å². The number of benzene rings is 3. The highest BCUT2D eigenvalue weighted by atomic mass is 28.3. The maximum absolute atomic E-state index is 13.4. The molecule has 0 saturated heterocycles. The van der Waals surface area contributed by atoms with Gasteiger partial charge in [-0.25, -0.2) is 0 Å². The summed E-state index contributed by atoms with van der Waals surface area (Å²) in [6, 6.07) is 11.9. The SMILES string of the molecule is COCOc1c(CC(=O)/C=C/[Si](C)(C)c2ccccc2)c(OC)c2c(OC)cc(OC)c(OC)c2c1OC. The first kappa shape index (κ1) is 28.9. The predicted molar refractivity (Wildman–Crippen MR) is 151 cm³/mol. The molecule has 0 amide bonds. The van der Waals surface area contributed by atoms with Crippen LogP contribution in [0, 0.1) is 0 Å². The molecule has 0 heterocycles. The van der Waals surface area contributed by atoms with Gasteiger partial charge in [-0.3, -0.25) is 4.79 Å². The van der Waals surface area contributed by atoms with E-state index in [0.717, 1.165) is 0 Å². The normalized spacial score (nSPS) is 11.5. The molecule has 0 unspecified atom stereocenters. The Morgan fingerprint density at radius 3 is 1.95 bits per heavy atom. The van der Waals surface area contributed by atoms with Gasteiger partial charge in [-0.2, -0.15) is 0 Å². The molecule has 0 N–H and O–H groups in total. The Hall–Kier alpha value is -3.69. The van der Waals surface area contributed by atoms with Crippen LogP contribution in [0.4, 0.5) is 0 Å². The van der Waals surface area contributed by atoms with Gasteiger partial charge in [0, 0.05) is 25.2 Å². The van der Waals surface area contributed by atoms with E-state index in [4.69, 9.17) is 33.2 Å². The van der Waals surface area contributed by atoms with E-state index in [9.17, 15) is 4.79 Å². The largest absolute Gasteiger partial charge is 0.496 e. The minimum absolute atomic E-state index is 0.00178. The fourth-order valence-corrected chi connectivity index (χ4v) is 6.27. The lowest BCUT2D eigenvalue weighted by Gasteiger charge is -2.23. The zero-order valence-electron chi connectivity index (χ0n) is 23.3. The highest BCUT2D eigenvalue weighted by Gasteiger charge is 2.30. The Bertz CT molecular complexity index is 1300. The molecule has 3 aromatic rings. The second-order valence-corrected chi connectivity index (χ2v) is 13.4. The molecule has 0 aromatic heterocycles. The first-order chi connectivity index (χ1) is 18.3. The Kier molecular flexibility index (Phi) is 9.65. The summed E-state index contributed by atoms with van der Waals surface area (Å²) >= 11 is 0. The Morgan fingerprint density at radius 1 is 0.763 bits per heavy atom. The molecule has 0 bridgehead atoms. The fourth-order valence-electron chi connectivity index (χ4n) is 4.43. The van der Waals surface area contributed by atoms with Gasteiger partial charge in [0.05, 0.1) is 46.3 Å². The quantitative estimate of drug-likeness (QED) is 0.176. The molecule has 3 rings (SSSR count). The predicted octanol–water partition coefficient (Wildman–Crippen LogP) is 4.69. The highest BCUT2D eigenvalue weighted by molar-refractivity contribution is 6.94. The average molecular weight is 541 g/mol. The lowest BCUT2D eigenvalue weighted by molar-refractivity contribution is -0.114. The first-order valence-corrected chi connectivity index (χ1v) is 15.1. The summed E-state index contributed by atoms with van der Waals surface area (Å²) in [5.41, 5.74) is 2.55. The number of rotatable bonds is 13. The van der Waals surface area contributed by atoms with Crippen molar-refractivity contribution in [2.24, 2.45) is 0 Å². The summed E-state index contributed by atoms with van der Waals surface area (Å²) in [6.45, 7) is 4.33. The molecule has 204 valence electrons. The molecule has 8 nitrogen and oxygen atoms in total. The van der Waals surface area contributed by atoms with Gasteiger partial charge in [0.1, 0.15) is 19.6 Å². The van der Waals surface area contributed by atoms with E-state index in [1.165, 1.54) is 40.7 Å². The summed E-state index contributed by atoms with van der Waals surface area (Å²) < 4.78 is 39.9. The molecule has 0 fully saturated rings. The van der Waals surface area contributed by atoms with Crippen LogP contribution in [0.3, 0.4) is 0 Å². The van der Waals surface area contributed by atoms with Crippen LogP contribution in [0.25, 0.3) is 10.8 Å². The molecule has 0 saturated carbocycles. The summed E-state index contributed by atoms with van der Waals surface area (Å²) in [5.74, 6) is 2.28. The van der Waals surface area contributed by atoms with Crippen LogP contribution in [0.15, 0.2) is 48.2 Å². The van der Waals surface area contributed by atoms with Crippen molar-refractivity contribution in [3.8, 4) is 34.5 Å². The standard InChI is InChI=1S/C29H36O8Si/c1-31-18-37-27-21(16-19(30)14-15-38(7,8)20-12-10-9-11-13-20)26(34-4)24-22(32-2)17-23(33-3)28(35-5)25(24)29(27)36-6/h9-15,17H,16,18H2,1-8H3/b15-14+. The first-order valence-electron chi connectivity index (χ1n) is 12.1. The van der Waals surface area contributed by atoms with Crippen molar-refractivity contribution < 1.29 is 38.0 Å². The molecule has 0 radical (unpaired) electrons. The Balaban J connectivity index is 2.24. The number of fused-ring (bicyclic) bond motifs is 1. The van der Waals surface area contributed by atoms with Crippen LogP contribution in [0.5, 0.6) is 34.5 Å². The Morgan fingerprint density at radius 2 is 1.39 bits per heavy atom. The number of carbonyl (C=O) groups is 1. The van der Waals surface area contributed by atoms with E-state index in [2.05, 4.69) is 25.2 Å². The second-order valence-electron chi connectivity index (χ2n) is 9.05. The number of allylic oxidation sites excluding steroid dienone is 1. The fraction of sp³-hybridized carbons (Fsp3) is 0.345. The summed E-state index contributed by atoms with van der Waals surface area (Å²) in [5, 5.41) is 2.34. The van der Waals surface area contributed by atoms with Crippen molar-refractivity contribution in [3.63, 3.8) is 0 Å². The third-order valence-corrected chi connectivity index (χ3v) is 9.17. The molecule has 0 aliphatic rings. The number of methoxy groups -OCH3 is 6. The maximum atomic E-state index is 13.4. The van der Waals surface area contributed by atoms with Gasteiger partial charge >= 0.3 is 0 Å². The van der Waals surface area contributed by atoms with Gasteiger partial charge in [-0.1, -0.05) is 54.3 Å². The van der Waals surface area contributed by atoms with Crippen LogP contribution >= 0.6 is 0 Å². The lowest BCUT2D eigenvalue weighted by Crippen LogP contribution is -2.39. The van der Waals surface area contributed by atoms with Crippen molar-refractivity contribution in [1.29, 1.82) is 0 Å². The number of carbonyl (C=O) groups excluding carboxylic acids is 1. The number of hydrogen-bond acceptors (Lipinski definition) is 8. The Labute approximate surface area is 225 Å². The van der Waals surface area contributed by atoms with Gasteiger partial charge in [0.25, 0.3) is 0 Å². The molecule has 0 spiro atoms. The maximum Gasteiger partial charge on any atom is 0.188 e. The second kappa shape index (κ2) is 12.7. The molecule has 0 atom stereocenters. The van der Waals surface area contributed by atoms with Gasteiger partial charge in [-0.15, -0.1) is 0 Å². The van der Waals surface area contributed by atoms with Crippen molar-refractivity contribution in [1.82, 2.24) is 0 Å². The molecular formula is C29H36O8Si. The van der Waals surface area contributed by atoms with Gasteiger partial charge in [0.2, 0.25) is 0 Å². The summed E-state index contributed by atoms with van der Waals surface area (Å²) in [7, 11) is 7.21. The van der Waals surface area contributed by atoms with Crippen LogP contribution in [0.1, 0.15) is 5.56 Å². The highest BCUT2D eigenvalue weighted by Crippen LogP contribution is 2.55. The van der Waals surface area contributed by atoms with E-state index in [1.54, 1.807) is 19.3 Å². The van der Waals surface area contributed by atoms with Gasteiger partial charge < -0.3 is 33.2 Å². The number of ether oxygens (including phenoxy) is 7. The van der Waals surface area contributed by atoms with Crippen LogP contribution in [-0.2, 0) is 16.0 Å². The van der Waals surface area contributed by atoms with Crippen molar-refractivity contribution >= 4 is 29.8 Å². The third-order valence-electron chi connectivity index (χ3n) is 6.35. The van der Waals surface area contributed by atoms with E-state index in [0.29, 0.717) is 50.8 Å². The molecular weight excluding hydrogens is 504 g/mol. The van der Waals surface area contributed by atoms with Gasteiger partial charge in [-0.05, 0) is 6.08 Å². The smallest absolute Gasteiger partial charge is 0.188 e. The van der Waals surface area contributed by atoms with E-state index >= 15 is 0 Å². The van der Waals surface area contributed by atoms with E-state index < -0.39 is 8.07 Å². The molecule has 0 aliphatic heterocycles. The summed E-state index contributed by atoms with van der Waals surface area (Å²) in [4.78, 5) is 13.4. The molecule has 3 aromatic carbocycles. The van der Waals surface area contributed by atoms with Crippen molar-refractivity contribution in [3.05, 3.63) is 53.7 Å². The van der Waals surface area contributed by atoms with Crippen LogP contribution < -0.4 is 33.6 Å². The molecule has 38 heavy (non-hydrogen) atoms. The van der Waals surface area contributed by atoms with E-state index in [-0.39, 0.29) is 19.0 Å². The zero-order chi connectivity index (χ0) is 27.9. The van der Waals surface area contributed by atoms with Crippen LogP contribution in [-0.4, -0.2) is 63.3 Å². The lowest BCUT2D eigenvalue weighted by atomic mass is 9.97. The monoisotopic (exact) mass is 540 g/mol. The van der Waals surface area contributed by atoms with Crippen LogP contribution in [0.2, 0.25) is 13.1 Å². The third kappa shape index (κ3) is 5.73. The summed E-state index contributed by atoms with van der Waals surface area (Å²) in [6.07, 6.45) is 1.66. The average Bonchev–Trinajstić information content (AvgIpc) is 2.94. The zero-order valence-corrected chi connectivity index (χ0v) is 24.3. The minimum atomic E-state index is -1.97. The minimum Gasteiger partial charge on any atom is -0.496 e. The van der Waals surface area contributed by atoms with Gasteiger partial charge in [0.15, 0.2) is 35.6 Å².